The lowest BCUT2D eigenvalue weighted by atomic mass is 9.90. The lowest BCUT2D eigenvalue weighted by Crippen LogP contribution is -2.55. The summed E-state index contributed by atoms with van der Waals surface area (Å²) in [5.74, 6) is 0. The minimum absolute atomic E-state index is 0.437. The lowest BCUT2D eigenvalue weighted by molar-refractivity contribution is 0.151. The number of nitrogens with two attached hydrogens (primary N) is 1. The highest BCUT2D eigenvalue weighted by atomic mass is 15.2. The van der Waals surface area contributed by atoms with E-state index in [4.69, 9.17) is 10.7 Å². The highest BCUT2D eigenvalue weighted by Crippen LogP contribution is 2.33. The standard InChI is InChI=1S/C24H35N5/c25-13-4-5-16-29(23-12-6-8-20-9-7-14-27-24(20)23)19-21-18-28(17-15-26-21)22-10-2-1-3-11-22/h1-3,7,9-11,14,21,23,26H,4-6,8,12-13,15-19,25H2/t21-,23-/m0/s1. The van der Waals surface area contributed by atoms with E-state index in [1.165, 1.54) is 36.2 Å². The van der Waals surface area contributed by atoms with E-state index >= 15 is 0 Å². The third-order valence-electron chi connectivity index (χ3n) is 6.34. The number of hydrogen-bond donors (Lipinski definition) is 2. The summed E-state index contributed by atoms with van der Waals surface area (Å²) < 4.78 is 0. The molecule has 5 nitrogen and oxygen atoms in total. The number of para-hydroxylation sites is 1. The summed E-state index contributed by atoms with van der Waals surface area (Å²) in [6.07, 6.45) is 7.84. The van der Waals surface area contributed by atoms with Gasteiger partial charge in [-0.1, -0.05) is 24.3 Å². The van der Waals surface area contributed by atoms with E-state index in [-0.39, 0.29) is 0 Å². The summed E-state index contributed by atoms with van der Waals surface area (Å²) >= 11 is 0. The normalized spacial score (nSPS) is 21.9. The van der Waals surface area contributed by atoms with Crippen molar-refractivity contribution >= 4 is 5.69 Å². The quantitative estimate of drug-likeness (QED) is 0.675. The predicted molar refractivity (Wildman–Crippen MR) is 120 cm³/mol. The number of nitrogens with one attached hydrogen (secondary N) is 1. The highest BCUT2D eigenvalue weighted by Gasteiger charge is 2.30. The minimum Gasteiger partial charge on any atom is -0.369 e. The van der Waals surface area contributed by atoms with Crippen LogP contribution < -0.4 is 16.0 Å². The van der Waals surface area contributed by atoms with E-state index < -0.39 is 0 Å². The Morgan fingerprint density at radius 1 is 1.14 bits per heavy atom. The fraction of sp³-hybridized carbons (Fsp3) is 0.542. The fourth-order valence-electron chi connectivity index (χ4n) is 4.88. The molecule has 1 aliphatic heterocycles. The number of pyridine rings is 1. The van der Waals surface area contributed by atoms with E-state index in [0.717, 1.165) is 52.1 Å². The molecule has 2 aromatic rings. The van der Waals surface area contributed by atoms with Gasteiger partial charge in [0.1, 0.15) is 0 Å². The molecule has 156 valence electrons. The number of aromatic nitrogens is 1. The number of anilines is 1. The largest absolute Gasteiger partial charge is 0.369 e. The van der Waals surface area contributed by atoms with Gasteiger partial charge in [0.05, 0.1) is 11.7 Å². The van der Waals surface area contributed by atoms with E-state index in [2.05, 4.69) is 57.6 Å². The van der Waals surface area contributed by atoms with Gasteiger partial charge in [0, 0.05) is 44.1 Å². The number of hydrogen-bond acceptors (Lipinski definition) is 5. The summed E-state index contributed by atoms with van der Waals surface area (Å²) in [4.78, 5) is 10.0. The van der Waals surface area contributed by atoms with E-state index in [1.807, 2.05) is 6.20 Å². The van der Waals surface area contributed by atoms with Crippen LogP contribution in [0, 0.1) is 0 Å². The van der Waals surface area contributed by atoms with Gasteiger partial charge in [-0.05, 0) is 69.0 Å². The van der Waals surface area contributed by atoms with Crippen molar-refractivity contribution in [2.45, 2.75) is 44.2 Å². The zero-order valence-corrected chi connectivity index (χ0v) is 17.5. The monoisotopic (exact) mass is 393 g/mol. The summed E-state index contributed by atoms with van der Waals surface area (Å²) in [6, 6.07) is 16.1. The maximum atomic E-state index is 5.79. The van der Waals surface area contributed by atoms with Crippen molar-refractivity contribution < 1.29 is 0 Å². The first-order valence-electron chi connectivity index (χ1n) is 11.3. The average molecular weight is 394 g/mol. The first-order chi connectivity index (χ1) is 14.3. The van der Waals surface area contributed by atoms with E-state index in [9.17, 15) is 0 Å². The van der Waals surface area contributed by atoms with E-state index in [1.54, 1.807) is 0 Å². The van der Waals surface area contributed by atoms with Crippen LogP contribution >= 0.6 is 0 Å². The topological polar surface area (TPSA) is 57.4 Å². The molecule has 4 rings (SSSR count). The van der Waals surface area contributed by atoms with Crippen molar-refractivity contribution in [3.05, 3.63) is 59.9 Å². The van der Waals surface area contributed by atoms with Crippen LogP contribution in [0.2, 0.25) is 0 Å². The number of fused-ring (bicyclic) bond motifs is 1. The van der Waals surface area contributed by atoms with Gasteiger partial charge in [0.25, 0.3) is 0 Å². The van der Waals surface area contributed by atoms with Gasteiger partial charge in [-0.2, -0.15) is 0 Å². The Kier molecular flexibility index (Phi) is 7.14. The second kappa shape index (κ2) is 10.2. The lowest BCUT2D eigenvalue weighted by Gasteiger charge is -2.41. The number of piperazine rings is 1. The summed E-state index contributed by atoms with van der Waals surface area (Å²) in [6.45, 7) is 6.10. The van der Waals surface area contributed by atoms with Crippen LogP contribution in [0.3, 0.4) is 0 Å². The molecular weight excluding hydrogens is 358 g/mol. The van der Waals surface area contributed by atoms with Crippen LogP contribution in [0.1, 0.15) is 43.0 Å². The summed E-state index contributed by atoms with van der Waals surface area (Å²) in [5, 5.41) is 3.77. The Labute approximate surface area is 175 Å². The molecule has 1 saturated heterocycles. The smallest absolute Gasteiger partial charge is 0.0607 e. The molecule has 1 aromatic heterocycles. The maximum absolute atomic E-state index is 5.79. The van der Waals surface area contributed by atoms with Crippen LogP contribution in [0.15, 0.2) is 48.7 Å². The molecule has 0 unspecified atom stereocenters. The predicted octanol–water partition coefficient (Wildman–Crippen LogP) is 2.98. The Bertz CT molecular complexity index is 750. The third kappa shape index (κ3) is 5.16. The van der Waals surface area contributed by atoms with Crippen LogP contribution in [0.5, 0.6) is 0 Å². The fourth-order valence-corrected chi connectivity index (χ4v) is 4.88. The van der Waals surface area contributed by atoms with Gasteiger partial charge in [-0.25, -0.2) is 0 Å². The van der Waals surface area contributed by atoms with Crippen LogP contribution in [0.25, 0.3) is 0 Å². The summed E-state index contributed by atoms with van der Waals surface area (Å²) in [7, 11) is 0. The zero-order chi connectivity index (χ0) is 19.9. The van der Waals surface area contributed by atoms with Gasteiger partial charge in [0.15, 0.2) is 0 Å². The van der Waals surface area contributed by atoms with Crippen molar-refractivity contribution in [3.63, 3.8) is 0 Å². The molecular formula is C24H35N5. The number of unbranched alkanes of at least 4 members (excludes halogenated alkanes) is 1. The van der Waals surface area contributed by atoms with Crippen molar-refractivity contribution in [1.82, 2.24) is 15.2 Å². The molecule has 3 N–H and O–H groups in total. The summed E-state index contributed by atoms with van der Waals surface area (Å²) in [5.41, 5.74) is 9.87. The Balaban J connectivity index is 1.47. The highest BCUT2D eigenvalue weighted by molar-refractivity contribution is 5.46. The number of nitrogens with zero attached hydrogens (tertiary/aromatic N) is 3. The molecule has 1 fully saturated rings. The van der Waals surface area contributed by atoms with Gasteiger partial charge in [-0.15, -0.1) is 0 Å². The molecule has 0 amide bonds. The first kappa shape index (κ1) is 20.3. The second-order valence-corrected chi connectivity index (χ2v) is 8.38. The molecule has 2 heterocycles. The minimum atomic E-state index is 0.437. The Morgan fingerprint density at radius 3 is 2.90 bits per heavy atom. The average Bonchev–Trinajstić information content (AvgIpc) is 2.79. The second-order valence-electron chi connectivity index (χ2n) is 8.38. The van der Waals surface area contributed by atoms with Gasteiger partial charge in [-0.3, -0.25) is 9.88 Å². The van der Waals surface area contributed by atoms with E-state index in [0.29, 0.717) is 12.1 Å². The van der Waals surface area contributed by atoms with Gasteiger partial charge < -0.3 is 16.0 Å². The maximum Gasteiger partial charge on any atom is 0.0607 e. The van der Waals surface area contributed by atoms with Crippen LogP contribution in [0.4, 0.5) is 5.69 Å². The molecule has 1 aliphatic carbocycles. The molecule has 0 radical (unpaired) electrons. The molecule has 0 spiro atoms. The molecule has 2 aliphatic rings. The molecule has 29 heavy (non-hydrogen) atoms. The zero-order valence-electron chi connectivity index (χ0n) is 17.5. The first-order valence-corrected chi connectivity index (χ1v) is 11.3. The van der Waals surface area contributed by atoms with Gasteiger partial charge >= 0.3 is 0 Å². The van der Waals surface area contributed by atoms with Crippen molar-refractivity contribution in [1.29, 1.82) is 0 Å². The van der Waals surface area contributed by atoms with Crippen molar-refractivity contribution in [3.8, 4) is 0 Å². The van der Waals surface area contributed by atoms with Crippen molar-refractivity contribution in [2.75, 3.05) is 44.2 Å². The number of rotatable bonds is 8. The molecule has 5 heteroatoms. The van der Waals surface area contributed by atoms with Gasteiger partial charge in [0.2, 0.25) is 0 Å². The molecule has 0 saturated carbocycles. The Morgan fingerprint density at radius 2 is 2.03 bits per heavy atom. The van der Waals surface area contributed by atoms with Crippen LogP contribution in [-0.4, -0.2) is 55.2 Å². The van der Waals surface area contributed by atoms with Crippen molar-refractivity contribution in [2.24, 2.45) is 5.73 Å². The SMILES string of the molecule is NCCCCN(C[C@@H]1CN(c2ccccc2)CCN1)[C@H]1CCCc2cccnc21. The van der Waals surface area contributed by atoms with Crippen LogP contribution in [-0.2, 0) is 6.42 Å². The molecule has 2 atom stereocenters. The third-order valence-corrected chi connectivity index (χ3v) is 6.34. The Hall–Kier alpha value is -1.95. The number of benzene rings is 1. The molecule has 0 bridgehead atoms. The number of aryl methyl sites for hydroxylation is 1. The molecule has 1 aromatic carbocycles.